The molecule has 2 aromatic heterocycles. The summed E-state index contributed by atoms with van der Waals surface area (Å²) in [7, 11) is 3.24. The zero-order valence-corrected chi connectivity index (χ0v) is 20.0. The summed E-state index contributed by atoms with van der Waals surface area (Å²) in [5.74, 6) is 2.62. The van der Waals surface area contributed by atoms with Crippen LogP contribution in [0.5, 0.6) is 17.2 Å². The summed E-state index contributed by atoms with van der Waals surface area (Å²) in [4.78, 5) is 18.4. The normalized spacial score (nSPS) is 13.6. The second-order valence-corrected chi connectivity index (χ2v) is 8.21. The lowest BCUT2D eigenvalue weighted by Gasteiger charge is -2.31. The lowest BCUT2D eigenvalue weighted by atomic mass is 10.1. The van der Waals surface area contributed by atoms with Crippen molar-refractivity contribution in [1.82, 2.24) is 19.9 Å². The number of aryl methyl sites for hydroxylation is 1. The molecule has 0 radical (unpaired) electrons. The van der Waals surface area contributed by atoms with Crippen molar-refractivity contribution in [3.8, 4) is 17.2 Å². The fourth-order valence-corrected chi connectivity index (χ4v) is 4.10. The molecular weight excluding hydrogens is 448 g/mol. The predicted molar refractivity (Wildman–Crippen MR) is 133 cm³/mol. The smallest absolute Gasteiger partial charge is 0.207 e. The lowest BCUT2D eigenvalue weighted by Crippen LogP contribution is -2.36. The number of fused-ring (bicyclic) bond motifs is 1. The molecule has 5 rings (SSSR count). The average Bonchev–Trinajstić information content (AvgIpc) is 3.31. The zero-order chi connectivity index (χ0) is 24.2. The Hall–Kier alpha value is -4.05. The Kier molecular flexibility index (Phi) is 6.53. The van der Waals surface area contributed by atoms with Crippen LogP contribution in [0, 0.1) is 6.92 Å². The number of methoxy groups -OCH3 is 2. The molecule has 1 aliphatic rings. The van der Waals surface area contributed by atoms with E-state index in [0.717, 1.165) is 41.1 Å². The van der Waals surface area contributed by atoms with E-state index in [1.165, 1.54) is 6.33 Å². The Morgan fingerprint density at radius 2 is 1.89 bits per heavy atom. The SMILES string of the molecule is COc1ccc(COc2cc(C)cc(N3CCOCC3)c2Nc2nc3ncncc3[nH]2)cc1OC. The van der Waals surface area contributed by atoms with Crippen LogP contribution < -0.4 is 24.4 Å². The van der Waals surface area contributed by atoms with Crippen LogP contribution in [0.3, 0.4) is 0 Å². The van der Waals surface area contributed by atoms with Gasteiger partial charge in [-0.2, -0.15) is 4.98 Å². The molecule has 10 nitrogen and oxygen atoms in total. The molecule has 0 amide bonds. The Bertz CT molecular complexity index is 1290. The molecule has 0 spiro atoms. The predicted octanol–water partition coefficient (Wildman–Crippen LogP) is 3.84. The van der Waals surface area contributed by atoms with Crippen molar-refractivity contribution < 1.29 is 18.9 Å². The Balaban J connectivity index is 1.49. The quantitative estimate of drug-likeness (QED) is 0.392. The molecule has 2 N–H and O–H groups in total. The number of nitrogens with zero attached hydrogens (tertiary/aromatic N) is 4. The fourth-order valence-electron chi connectivity index (χ4n) is 4.10. The number of ether oxygens (including phenoxy) is 4. The van der Waals surface area contributed by atoms with Crippen molar-refractivity contribution in [2.24, 2.45) is 0 Å². The summed E-state index contributed by atoms with van der Waals surface area (Å²) < 4.78 is 22.7. The van der Waals surface area contributed by atoms with E-state index in [1.54, 1.807) is 20.4 Å². The summed E-state index contributed by atoms with van der Waals surface area (Å²) in [6, 6.07) is 9.93. The van der Waals surface area contributed by atoms with Crippen molar-refractivity contribution in [3.05, 3.63) is 54.0 Å². The average molecular weight is 477 g/mol. The van der Waals surface area contributed by atoms with Gasteiger partial charge in [-0.3, -0.25) is 0 Å². The number of hydrogen-bond donors (Lipinski definition) is 2. The molecule has 10 heteroatoms. The summed E-state index contributed by atoms with van der Waals surface area (Å²) in [5.41, 5.74) is 5.25. The Labute approximate surface area is 203 Å². The number of aromatic amines is 1. The van der Waals surface area contributed by atoms with E-state index >= 15 is 0 Å². The minimum absolute atomic E-state index is 0.354. The van der Waals surface area contributed by atoms with Gasteiger partial charge in [0.1, 0.15) is 29.9 Å². The summed E-state index contributed by atoms with van der Waals surface area (Å²) >= 11 is 0. The van der Waals surface area contributed by atoms with Crippen LogP contribution in [0.25, 0.3) is 11.2 Å². The van der Waals surface area contributed by atoms with Gasteiger partial charge in [0.25, 0.3) is 0 Å². The van der Waals surface area contributed by atoms with Crippen LogP contribution in [-0.2, 0) is 11.3 Å². The van der Waals surface area contributed by atoms with Gasteiger partial charge in [0.05, 0.1) is 39.3 Å². The van der Waals surface area contributed by atoms with E-state index < -0.39 is 0 Å². The highest BCUT2D eigenvalue weighted by atomic mass is 16.5. The van der Waals surface area contributed by atoms with Crippen LogP contribution in [-0.4, -0.2) is 60.5 Å². The van der Waals surface area contributed by atoms with Gasteiger partial charge in [-0.25, -0.2) is 9.97 Å². The van der Waals surface area contributed by atoms with E-state index in [2.05, 4.69) is 43.1 Å². The largest absolute Gasteiger partial charge is 0.493 e. The maximum atomic E-state index is 6.37. The molecule has 0 bridgehead atoms. The van der Waals surface area contributed by atoms with Crippen LogP contribution in [0.15, 0.2) is 42.9 Å². The fraction of sp³-hybridized carbons (Fsp3) is 0.320. The molecule has 3 heterocycles. The number of rotatable bonds is 8. The minimum Gasteiger partial charge on any atom is -0.493 e. The van der Waals surface area contributed by atoms with Gasteiger partial charge in [0.15, 0.2) is 17.1 Å². The van der Waals surface area contributed by atoms with Crippen LogP contribution in [0.1, 0.15) is 11.1 Å². The van der Waals surface area contributed by atoms with Gasteiger partial charge in [-0.1, -0.05) is 6.07 Å². The van der Waals surface area contributed by atoms with Gasteiger partial charge < -0.3 is 34.1 Å². The third kappa shape index (κ3) is 4.92. The molecular formula is C25H28N6O4. The van der Waals surface area contributed by atoms with E-state index in [4.69, 9.17) is 18.9 Å². The maximum absolute atomic E-state index is 6.37. The summed E-state index contributed by atoms with van der Waals surface area (Å²) in [6.07, 6.45) is 3.18. The van der Waals surface area contributed by atoms with Gasteiger partial charge in [0, 0.05) is 13.1 Å². The topological polar surface area (TPSA) is 107 Å². The lowest BCUT2D eigenvalue weighted by molar-refractivity contribution is 0.122. The molecule has 0 saturated carbocycles. The van der Waals surface area contributed by atoms with Gasteiger partial charge in [-0.15, -0.1) is 0 Å². The summed E-state index contributed by atoms with van der Waals surface area (Å²) in [5, 5.41) is 3.45. The van der Waals surface area contributed by atoms with E-state index in [9.17, 15) is 0 Å². The Morgan fingerprint density at radius 1 is 1.06 bits per heavy atom. The number of aromatic nitrogens is 4. The summed E-state index contributed by atoms with van der Waals surface area (Å²) in [6.45, 7) is 5.35. The second-order valence-electron chi connectivity index (χ2n) is 8.21. The number of H-pyrrole nitrogens is 1. The number of hydrogen-bond acceptors (Lipinski definition) is 9. The first kappa shape index (κ1) is 22.7. The molecule has 35 heavy (non-hydrogen) atoms. The number of imidazole rings is 1. The molecule has 0 unspecified atom stereocenters. The molecule has 1 saturated heterocycles. The standard InChI is InChI=1S/C25H28N6O4/c1-16-10-19(31-6-8-34-9-7-31)23(29-25-28-18-13-26-15-27-24(18)30-25)22(11-16)35-14-17-4-5-20(32-2)21(12-17)33-3/h4-5,10-13,15H,6-9,14H2,1-3H3,(H2,26,27,28,29,30). The second kappa shape index (κ2) is 10.1. The zero-order valence-electron chi connectivity index (χ0n) is 20.0. The number of nitrogens with one attached hydrogen (secondary N) is 2. The van der Waals surface area contributed by atoms with Gasteiger partial charge in [0.2, 0.25) is 5.95 Å². The maximum Gasteiger partial charge on any atom is 0.207 e. The van der Waals surface area contributed by atoms with Crippen molar-refractivity contribution >= 4 is 28.5 Å². The Morgan fingerprint density at radius 3 is 2.66 bits per heavy atom. The highest BCUT2D eigenvalue weighted by Gasteiger charge is 2.21. The number of benzene rings is 2. The molecule has 4 aromatic rings. The first-order valence-electron chi connectivity index (χ1n) is 11.4. The van der Waals surface area contributed by atoms with E-state index in [-0.39, 0.29) is 0 Å². The highest BCUT2D eigenvalue weighted by Crippen LogP contribution is 2.39. The first-order chi connectivity index (χ1) is 17.1. The molecule has 182 valence electrons. The van der Waals surface area contributed by atoms with Gasteiger partial charge >= 0.3 is 0 Å². The minimum atomic E-state index is 0.354. The van der Waals surface area contributed by atoms with Crippen molar-refractivity contribution in [2.45, 2.75) is 13.5 Å². The van der Waals surface area contributed by atoms with Crippen LogP contribution in [0.2, 0.25) is 0 Å². The molecule has 2 aromatic carbocycles. The van der Waals surface area contributed by atoms with Crippen molar-refractivity contribution in [1.29, 1.82) is 0 Å². The van der Waals surface area contributed by atoms with Gasteiger partial charge in [-0.05, 0) is 42.3 Å². The number of anilines is 3. The van der Waals surface area contributed by atoms with Crippen molar-refractivity contribution in [2.75, 3.05) is 50.7 Å². The van der Waals surface area contributed by atoms with E-state index in [1.807, 2.05) is 24.3 Å². The molecule has 1 aliphatic heterocycles. The number of morpholine rings is 1. The van der Waals surface area contributed by atoms with E-state index in [0.29, 0.717) is 48.7 Å². The highest BCUT2D eigenvalue weighted by molar-refractivity contribution is 5.82. The van der Waals surface area contributed by atoms with Crippen LogP contribution >= 0.6 is 0 Å². The first-order valence-corrected chi connectivity index (χ1v) is 11.4. The van der Waals surface area contributed by atoms with Crippen LogP contribution in [0.4, 0.5) is 17.3 Å². The third-order valence-electron chi connectivity index (χ3n) is 5.83. The van der Waals surface area contributed by atoms with Crippen molar-refractivity contribution in [3.63, 3.8) is 0 Å². The third-order valence-corrected chi connectivity index (χ3v) is 5.83. The molecule has 0 aliphatic carbocycles. The molecule has 1 fully saturated rings. The monoisotopic (exact) mass is 476 g/mol. The molecule has 0 atom stereocenters.